The minimum absolute atomic E-state index is 0.0632. The average Bonchev–Trinajstić information content (AvgIpc) is 2.19. The molecule has 1 fully saturated rings. The number of carbonyl (C=O) groups is 1. The van der Waals surface area contributed by atoms with Crippen LogP contribution in [0.5, 0.6) is 0 Å². The zero-order chi connectivity index (χ0) is 9.52. The number of morpholine rings is 1. The van der Waals surface area contributed by atoms with E-state index in [1.54, 1.807) is 0 Å². The van der Waals surface area contributed by atoms with Crippen molar-refractivity contribution in [1.29, 1.82) is 0 Å². The zero-order valence-electron chi connectivity index (χ0n) is 7.70. The van der Waals surface area contributed by atoms with Crippen LogP contribution in [0.2, 0.25) is 0 Å². The van der Waals surface area contributed by atoms with Crippen molar-refractivity contribution < 1.29 is 9.53 Å². The average molecular weight is 201 g/mol. The van der Waals surface area contributed by atoms with Crippen molar-refractivity contribution in [3.05, 3.63) is 12.7 Å². The first-order valence-electron chi connectivity index (χ1n) is 4.42. The van der Waals surface area contributed by atoms with E-state index in [-0.39, 0.29) is 5.12 Å². The summed E-state index contributed by atoms with van der Waals surface area (Å²) in [6.45, 7) is 8.00. The largest absolute Gasteiger partial charge is 0.379 e. The lowest BCUT2D eigenvalue weighted by atomic mass is 10.4. The lowest BCUT2D eigenvalue weighted by Crippen LogP contribution is -2.37. The van der Waals surface area contributed by atoms with E-state index in [1.807, 2.05) is 0 Å². The van der Waals surface area contributed by atoms with Gasteiger partial charge in [-0.2, -0.15) is 0 Å². The Morgan fingerprint density at radius 1 is 1.54 bits per heavy atom. The molecule has 1 aliphatic heterocycles. The van der Waals surface area contributed by atoms with Crippen LogP contribution >= 0.6 is 11.8 Å². The van der Waals surface area contributed by atoms with Crippen LogP contribution in [0.15, 0.2) is 12.7 Å². The van der Waals surface area contributed by atoms with Crippen LogP contribution in [-0.4, -0.2) is 48.6 Å². The van der Waals surface area contributed by atoms with Crippen molar-refractivity contribution in [3.8, 4) is 0 Å². The smallest absolute Gasteiger partial charge is 0.211 e. The molecule has 0 unspecified atom stereocenters. The number of ether oxygens (including phenoxy) is 1. The second-order valence-corrected chi connectivity index (χ2v) is 3.92. The maximum absolute atomic E-state index is 10.9. The topological polar surface area (TPSA) is 29.5 Å². The fraction of sp³-hybridized carbons (Fsp3) is 0.667. The summed E-state index contributed by atoms with van der Waals surface area (Å²) in [5, 5.41) is 0.0632. The molecule has 0 aromatic heterocycles. The maximum atomic E-state index is 10.9. The Morgan fingerprint density at radius 2 is 2.23 bits per heavy atom. The van der Waals surface area contributed by atoms with Crippen LogP contribution in [0.25, 0.3) is 0 Å². The predicted molar refractivity (Wildman–Crippen MR) is 54.9 cm³/mol. The Balaban J connectivity index is 2.04. The summed E-state index contributed by atoms with van der Waals surface area (Å²) in [4.78, 5) is 13.2. The SMILES string of the molecule is C=CC(=O)SCCN1CCOCC1. The Bertz CT molecular complexity index is 178. The highest BCUT2D eigenvalue weighted by Crippen LogP contribution is 2.04. The number of rotatable bonds is 4. The van der Waals surface area contributed by atoms with Gasteiger partial charge in [-0.25, -0.2) is 0 Å². The van der Waals surface area contributed by atoms with Crippen molar-refractivity contribution in [2.75, 3.05) is 38.6 Å². The van der Waals surface area contributed by atoms with Crippen LogP contribution in [-0.2, 0) is 9.53 Å². The van der Waals surface area contributed by atoms with Gasteiger partial charge in [0.2, 0.25) is 5.12 Å². The van der Waals surface area contributed by atoms with E-state index in [2.05, 4.69) is 11.5 Å². The van der Waals surface area contributed by atoms with Gasteiger partial charge in [0.1, 0.15) is 0 Å². The van der Waals surface area contributed by atoms with Crippen molar-refractivity contribution >= 4 is 16.9 Å². The molecule has 1 aliphatic rings. The number of carbonyl (C=O) groups excluding carboxylic acids is 1. The van der Waals surface area contributed by atoms with Gasteiger partial charge in [0, 0.05) is 25.4 Å². The number of hydrogen-bond acceptors (Lipinski definition) is 4. The quantitative estimate of drug-likeness (QED) is 0.628. The third-order valence-electron chi connectivity index (χ3n) is 1.92. The molecule has 0 N–H and O–H groups in total. The number of thioether (sulfide) groups is 1. The Labute approximate surface area is 83.1 Å². The van der Waals surface area contributed by atoms with Gasteiger partial charge < -0.3 is 4.74 Å². The highest BCUT2D eigenvalue weighted by molar-refractivity contribution is 8.14. The minimum atomic E-state index is 0.0632. The van der Waals surface area contributed by atoms with Crippen molar-refractivity contribution in [1.82, 2.24) is 4.90 Å². The van der Waals surface area contributed by atoms with Crippen LogP contribution in [0, 0.1) is 0 Å². The predicted octanol–water partition coefficient (Wildman–Crippen LogP) is 0.764. The molecular weight excluding hydrogens is 186 g/mol. The molecule has 0 bridgehead atoms. The molecule has 1 saturated heterocycles. The molecule has 0 radical (unpaired) electrons. The first-order valence-corrected chi connectivity index (χ1v) is 5.41. The standard InChI is InChI=1S/C9H15NO2S/c1-2-9(11)13-8-5-10-3-6-12-7-4-10/h2H,1,3-8H2. The molecule has 1 rings (SSSR count). The number of nitrogens with zero attached hydrogens (tertiary/aromatic N) is 1. The van der Waals surface area contributed by atoms with Crippen LogP contribution in [0.4, 0.5) is 0 Å². The van der Waals surface area contributed by atoms with Crippen LogP contribution < -0.4 is 0 Å². The highest BCUT2D eigenvalue weighted by Gasteiger charge is 2.09. The molecule has 0 atom stereocenters. The minimum Gasteiger partial charge on any atom is -0.379 e. The molecule has 3 nitrogen and oxygen atoms in total. The van der Waals surface area contributed by atoms with Gasteiger partial charge in [-0.15, -0.1) is 0 Å². The lowest BCUT2D eigenvalue weighted by Gasteiger charge is -2.25. The van der Waals surface area contributed by atoms with Crippen molar-refractivity contribution in [2.24, 2.45) is 0 Å². The van der Waals surface area contributed by atoms with Gasteiger partial charge in [0.05, 0.1) is 13.2 Å². The maximum Gasteiger partial charge on any atom is 0.211 e. The number of hydrogen-bond donors (Lipinski definition) is 0. The van der Waals surface area contributed by atoms with Crippen LogP contribution in [0.1, 0.15) is 0 Å². The van der Waals surface area contributed by atoms with E-state index in [9.17, 15) is 4.79 Å². The summed E-state index contributed by atoms with van der Waals surface area (Å²) in [7, 11) is 0. The van der Waals surface area contributed by atoms with Gasteiger partial charge in [-0.05, 0) is 6.08 Å². The van der Waals surface area contributed by atoms with Gasteiger partial charge in [0.25, 0.3) is 0 Å². The third kappa shape index (κ3) is 4.45. The van der Waals surface area contributed by atoms with E-state index in [4.69, 9.17) is 4.74 Å². The summed E-state index contributed by atoms with van der Waals surface area (Å²) in [5.74, 6) is 0.852. The van der Waals surface area contributed by atoms with E-state index in [0.717, 1.165) is 38.6 Å². The molecule has 74 valence electrons. The molecule has 0 amide bonds. The molecule has 1 heterocycles. The summed E-state index contributed by atoms with van der Waals surface area (Å²) in [6, 6.07) is 0. The normalized spacial score (nSPS) is 18.5. The fourth-order valence-electron chi connectivity index (χ4n) is 1.16. The summed E-state index contributed by atoms with van der Waals surface area (Å²) in [6.07, 6.45) is 1.37. The summed E-state index contributed by atoms with van der Waals surface area (Å²) >= 11 is 1.33. The second kappa shape index (κ2) is 6.18. The highest BCUT2D eigenvalue weighted by atomic mass is 32.2. The van der Waals surface area contributed by atoms with E-state index in [0.29, 0.717) is 0 Å². The molecule has 4 heteroatoms. The molecular formula is C9H15NO2S. The van der Waals surface area contributed by atoms with Crippen LogP contribution in [0.3, 0.4) is 0 Å². The van der Waals surface area contributed by atoms with Gasteiger partial charge in [0.15, 0.2) is 0 Å². The Morgan fingerprint density at radius 3 is 2.85 bits per heavy atom. The van der Waals surface area contributed by atoms with E-state index in [1.165, 1.54) is 17.8 Å². The van der Waals surface area contributed by atoms with Crippen molar-refractivity contribution in [3.63, 3.8) is 0 Å². The van der Waals surface area contributed by atoms with Gasteiger partial charge in [-0.3, -0.25) is 9.69 Å². The molecule has 0 saturated carbocycles. The van der Waals surface area contributed by atoms with Gasteiger partial charge in [-0.1, -0.05) is 18.3 Å². The summed E-state index contributed by atoms with van der Waals surface area (Å²) < 4.78 is 5.22. The second-order valence-electron chi connectivity index (χ2n) is 2.83. The molecule has 13 heavy (non-hydrogen) atoms. The molecule has 0 aliphatic carbocycles. The van der Waals surface area contributed by atoms with Crippen molar-refractivity contribution in [2.45, 2.75) is 0 Å². The third-order valence-corrected chi connectivity index (χ3v) is 2.76. The lowest BCUT2D eigenvalue weighted by molar-refractivity contribution is -0.107. The van der Waals surface area contributed by atoms with E-state index < -0.39 is 0 Å². The monoisotopic (exact) mass is 201 g/mol. The first-order chi connectivity index (χ1) is 6.33. The van der Waals surface area contributed by atoms with E-state index >= 15 is 0 Å². The Hall–Kier alpha value is -0.320. The zero-order valence-corrected chi connectivity index (χ0v) is 8.52. The van der Waals surface area contributed by atoms with Gasteiger partial charge >= 0.3 is 0 Å². The molecule has 0 aromatic rings. The summed E-state index contributed by atoms with van der Waals surface area (Å²) in [5.41, 5.74) is 0. The Kier molecular flexibility index (Phi) is 5.12. The molecule has 0 aromatic carbocycles. The first kappa shape index (κ1) is 10.8. The fourth-order valence-corrected chi connectivity index (χ4v) is 1.83. The molecule has 0 spiro atoms.